The van der Waals surface area contributed by atoms with Gasteiger partial charge in [0.05, 0.1) is 0 Å². The Labute approximate surface area is 80.5 Å². The second kappa shape index (κ2) is 5.19. The third-order valence-electron chi connectivity index (χ3n) is 2.32. The van der Waals surface area contributed by atoms with Crippen molar-refractivity contribution in [3.05, 3.63) is 0 Å². The quantitative estimate of drug-likeness (QED) is 0.566. The van der Waals surface area contributed by atoms with Gasteiger partial charge in [0, 0.05) is 25.0 Å². The molecular formula is C9H21N3O. The molecule has 0 rings (SSSR count). The van der Waals surface area contributed by atoms with E-state index >= 15 is 0 Å². The molecule has 0 fully saturated rings. The van der Waals surface area contributed by atoms with Gasteiger partial charge in [-0.25, -0.2) is 0 Å². The molecule has 0 aliphatic rings. The molecule has 78 valence electrons. The second-order valence-corrected chi connectivity index (χ2v) is 4.10. The summed E-state index contributed by atoms with van der Waals surface area (Å²) in [6.45, 7) is 5.80. The molecule has 3 N–H and O–H groups in total. The Morgan fingerprint density at radius 1 is 1.46 bits per heavy atom. The van der Waals surface area contributed by atoms with Crippen LogP contribution < -0.4 is 11.1 Å². The number of carbonyl (C=O) groups is 1. The standard InChI is InChI=1S/C9H21N3O/c1-9(2,12(3)4)7-11-6-5-8(10)13/h11H,5-7H2,1-4H3,(H2,10,13). The summed E-state index contributed by atoms with van der Waals surface area (Å²) >= 11 is 0. The van der Waals surface area contributed by atoms with Gasteiger partial charge in [-0.15, -0.1) is 0 Å². The van der Waals surface area contributed by atoms with E-state index in [0.29, 0.717) is 13.0 Å². The molecule has 0 unspecified atom stereocenters. The number of nitrogens with two attached hydrogens (primary N) is 1. The average Bonchev–Trinajstić information content (AvgIpc) is 1.97. The van der Waals surface area contributed by atoms with E-state index in [1.165, 1.54) is 0 Å². The molecule has 0 heterocycles. The number of nitrogens with one attached hydrogen (secondary N) is 1. The van der Waals surface area contributed by atoms with Crippen LogP contribution in [0.5, 0.6) is 0 Å². The zero-order valence-electron chi connectivity index (χ0n) is 9.05. The number of hydrogen-bond donors (Lipinski definition) is 2. The minimum atomic E-state index is -0.254. The van der Waals surface area contributed by atoms with Gasteiger partial charge in [0.2, 0.25) is 5.91 Å². The number of rotatable bonds is 6. The van der Waals surface area contributed by atoms with Crippen molar-refractivity contribution in [3.63, 3.8) is 0 Å². The summed E-state index contributed by atoms with van der Waals surface area (Å²) in [7, 11) is 4.07. The van der Waals surface area contributed by atoms with E-state index in [1.54, 1.807) is 0 Å². The Bertz CT molecular complexity index is 166. The molecule has 0 saturated carbocycles. The molecule has 13 heavy (non-hydrogen) atoms. The molecule has 0 spiro atoms. The number of primary amides is 1. The van der Waals surface area contributed by atoms with Crippen molar-refractivity contribution in [1.29, 1.82) is 0 Å². The lowest BCUT2D eigenvalue weighted by molar-refractivity contribution is -0.117. The Morgan fingerprint density at radius 3 is 2.38 bits per heavy atom. The maximum absolute atomic E-state index is 10.4. The first-order chi connectivity index (χ1) is 5.86. The highest BCUT2D eigenvalue weighted by atomic mass is 16.1. The van der Waals surface area contributed by atoms with Crippen molar-refractivity contribution >= 4 is 5.91 Å². The number of amides is 1. The molecule has 0 bridgehead atoms. The SMILES string of the molecule is CN(C)C(C)(C)CNCCC(N)=O. The summed E-state index contributed by atoms with van der Waals surface area (Å²) in [6.07, 6.45) is 0.406. The van der Waals surface area contributed by atoms with Crippen molar-refractivity contribution in [2.45, 2.75) is 25.8 Å². The van der Waals surface area contributed by atoms with Crippen LogP contribution in [0, 0.1) is 0 Å². The van der Waals surface area contributed by atoms with E-state index in [4.69, 9.17) is 5.73 Å². The number of likely N-dealkylation sites (N-methyl/N-ethyl adjacent to an activating group) is 1. The van der Waals surface area contributed by atoms with Crippen LogP contribution in [0.1, 0.15) is 20.3 Å². The minimum Gasteiger partial charge on any atom is -0.370 e. The smallest absolute Gasteiger partial charge is 0.218 e. The predicted molar refractivity (Wildman–Crippen MR) is 54.4 cm³/mol. The minimum absolute atomic E-state index is 0.109. The summed E-state index contributed by atoms with van der Waals surface area (Å²) in [5, 5.41) is 3.20. The molecule has 0 aromatic carbocycles. The Hall–Kier alpha value is -0.610. The fourth-order valence-corrected chi connectivity index (χ4v) is 0.764. The summed E-state index contributed by atoms with van der Waals surface area (Å²) in [5.74, 6) is -0.254. The molecule has 0 radical (unpaired) electrons. The summed E-state index contributed by atoms with van der Waals surface area (Å²) in [6, 6.07) is 0. The van der Waals surface area contributed by atoms with E-state index in [9.17, 15) is 4.79 Å². The molecule has 0 aromatic heterocycles. The third kappa shape index (κ3) is 5.60. The van der Waals surface area contributed by atoms with Crippen molar-refractivity contribution in [3.8, 4) is 0 Å². The molecular weight excluding hydrogens is 166 g/mol. The summed E-state index contributed by atoms with van der Waals surface area (Å²) in [5.41, 5.74) is 5.12. The molecule has 0 saturated heterocycles. The lowest BCUT2D eigenvalue weighted by atomic mass is 10.0. The Kier molecular flexibility index (Phi) is 4.95. The molecule has 0 atom stereocenters. The van der Waals surface area contributed by atoms with Crippen LogP contribution in [0.25, 0.3) is 0 Å². The molecule has 4 heteroatoms. The number of hydrogen-bond acceptors (Lipinski definition) is 3. The highest BCUT2D eigenvalue weighted by Crippen LogP contribution is 2.07. The first-order valence-electron chi connectivity index (χ1n) is 4.53. The molecule has 1 amide bonds. The van der Waals surface area contributed by atoms with Crippen LogP contribution in [0.15, 0.2) is 0 Å². The van der Waals surface area contributed by atoms with E-state index in [0.717, 1.165) is 6.54 Å². The van der Waals surface area contributed by atoms with E-state index in [-0.39, 0.29) is 11.4 Å². The second-order valence-electron chi connectivity index (χ2n) is 4.10. The van der Waals surface area contributed by atoms with Gasteiger partial charge in [-0.05, 0) is 27.9 Å². The van der Waals surface area contributed by atoms with Gasteiger partial charge in [0.15, 0.2) is 0 Å². The maximum atomic E-state index is 10.4. The van der Waals surface area contributed by atoms with Crippen LogP contribution >= 0.6 is 0 Å². The van der Waals surface area contributed by atoms with Gasteiger partial charge >= 0.3 is 0 Å². The molecule has 0 aliphatic carbocycles. The average molecular weight is 187 g/mol. The maximum Gasteiger partial charge on any atom is 0.218 e. The third-order valence-corrected chi connectivity index (χ3v) is 2.32. The van der Waals surface area contributed by atoms with Gasteiger partial charge in [-0.3, -0.25) is 4.79 Å². The lowest BCUT2D eigenvalue weighted by Gasteiger charge is -2.32. The van der Waals surface area contributed by atoms with Gasteiger partial charge in [0.25, 0.3) is 0 Å². The zero-order valence-corrected chi connectivity index (χ0v) is 9.05. The Balaban J connectivity index is 3.58. The summed E-state index contributed by atoms with van der Waals surface area (Å²) in [4.78, 5) is 12.6. The van der Waals surface area contributed by atoms with Crippen LogP contribution in [0.3, 0.4) is 0 Å². The van der Waals surface area contributed by atoms with Gasteiger partial charge in [-0.1, -0.05) is 0 Å². The zero-order chi connectivity index (χ0) is 10.5. The number of nitrogens with zero attached hydrogens (tertiary/aromatic N) is 1. The monoisotopic (exact) mass is 187 g/mol. The van der Waals surface area contributed by atoms with Crippen LogP contribution in [0.2, 0.25) is 0 Å². The fraction of sp³-hybridized carbons (Fsp3) is 0.889. The van der Waals surface area contributed by atoms with Crippen molar-refractivity contribution in [2.24, 2.45) is 5.73 Å². The lowest BCUT2D eigenvalue weighted by Crippen LogP contribution is -2.47. The molecule has 0 aliphatic heterocycles. The first kappa shape index (κ1) is 12.4. The van der Waals surface area contributed by atoms with E-state index < -0.39 is 0 Å². The van der Waals surface area contributed by atoms with Crippen molar-refractivity contribution in [2.75, 3.05) is 27.2 Å². The van der Waals surface area contributed by atoms with Gasteiger partial charge in [-0.2, -0.15) is 0 Å². The molecule has 4 nitrogen and oxygen atoms in total. The predicted octanol–water partition coefficient (Wildman–Crippen LogP) is -0.208. The van der Waals surface area contributed by atoms with Gasteiger partial charge in [0.1, 0.15) is 0 Å². The van der Waals surface area contributed by atoms with Crippen LogP contribution in [0.4, 0.5) is 0 Å². The van der Waals surface area contributed by atoms with Gasteiger partial charge < -0.3 is 16.0 Å². The van der Waals surface area contributed by atoms with Crippen molar-refractivity contribution in [1.82, 2.24) is 10.2 Å². The largest absolute Gasteiger partial charge is 0.370 e. The van der Waals surface area contributed by atoms with E-state index in [2.05, 4.69) is 24.1 Å². The van der Waals surface area contributed by atoms with E-state index in [1.807, 2.05) is 14.1 Å². The van der Waals surface area contributed by atoms with Crippen molar-refractivity contribution < 1.29 is 4.79 Å². The Morgan fingerprint density at radius 2 is 2.00 bits per heavy atom. The topological polar surface area (TPSA) is 58.4 Å². The first-order valence-corrected chi connectivity index (χ1v) is 4.53. The molecule has 0 aromatic rings. The van der Waals surface area contributed by atoms with Crippen LogP contribution in [-0.4, -0.2) is 43.5 Å². The van der Waals surface area contributed by atoms with Crippen LogP contribution in [-0.2, 0) is 4.79 Å². The summed E-state index contributed by atoms with van der Waals surface area (Å²) < 4.78 is 0. The number of carbonyl (C=O) groups excluding carboxylic acids is 1. The fourth-order valence-electron chi connectivity index (χ4n) is 0.764. The highest BCUT2D eigenvalue weighted by Gasteiger charge is 2.19. The highest BCUT2D eigenvalue weighted by molar-refractivity contribution is 5.73. The normalized spacial score (nSPS) is 12.1.